The van der Waals surface area contributed by atoms with Crippen LogP contribution in [0.25, 0.3) is 0 Å². The number of rotatable bonds is 5. The molecule has 21 heavy (non-hydrogen) atoms. The maximum absolute atomic E-state index is 14.1. The Kier molecular flexibility index (Phi) is 5.21. The number of nitrogens with two attached hydrogens (primary N) is 1. The second-order valence-corrected chi connectivity index (χ2v) is 5.59. The first-order valence-corrected chi connectivity index (χ1v) is 7.46. The Bertz CT molecular complexity index is 613. The van der Waals surface area contributed by atoms with Gasteiger partial charge in [0.1, 0.15) is 5.82 Å². The van der Waals surface area contributed by atoms with Gasteiger partial charge in [-0.1, -0.05) is 29.8 Å². The number of halogens is 2. The Labute approximate surface area is 130 Å². The van der Waals surface area contributed by atoms with Crippen LogP contribution < -0.4 is 10.6 Å². The monoisotopic (exact) mass is 306 g/mol. The molecule has 0 saturated carbocycles. The lowest BCUT2D eigenvalue weighted by molar-refractivity contribution is 0.625. The van der Waals surface area contributed by atoms with Crippen LogP contribution in [-0.2, 0) is 6.42 Å². The predicted molar refractivity (Wildman–Crippen MR) is 87.9 cm³/mol. The second-order valence-electron chi connectivity index (χ2n) is 5.15. The quantitative estimate of drug-likeness (QED) is 0.879. The van der Waals surface area contributed by atoms with Crippen LogP contribution in [0.5, 0.6) is 0 Å². The summed E-state index contributed by atoms with van der Waals surface area (Å²) in [5, 5.41) is 0.633. The maximum Gasteiger partial charge on any atom is 0.146 e. The fraction of sp³-hybridized carbons (Fsp3) is 0.294. The van der Waals surface area contributed by atoms with Crippen LogP contribution in [-0.4, -0.2) is 12.6 Å². The number of para-hydroxylation sites is 1. The van der Waals surface area contributed by atoms with Crippen LogP contribution in [0.3, 0.4) is 0 Å². The van der Waals surface area contributed by atoms with Crippen LogP contribution in [0, 0.1) is 5.82 Å². The van der Waals surface area contributed by atoms with Crippen molar-refractivity contribution in [2.24, 2.45) is 5.73 Å². The number of hydrogen-bond acceptors (Lipinski definition) is 2. The Morgan fingerprint density at radius 1 is 1.19 bits per heavy atom. The van der Waals surface area contributed by atoms with Crippen molar-refractivity contribution in [1.82, 2.24) is 0 Å². The topological polar surface area (TPSA) is 29.3 Å². The van der Waals surface area contributed by atoms with Gasteiger partial charge in [-0.05, 0) is 50.1 Å². The molecule has 2 rings (SSSR count). The van der Waals surface area contributed by atoms with E-state index in [1.165, 1.54) is 6.07 Å². The highest BCUT2D eigenvalue weighted by atomic mass is 35.5. The third-order valence-corrected chi connectivity index (χ3v) is 3.57. The molecule has 0 amide bonds. The van der Waals surface area contributed by atoms with E-state index in [0.29, 0.717) is 17.3 Å². The average Bonchev–Trinajstić information content (AvgIpc) is 2.44. The Hall–Kier alpha value is -1.58. The third kappa shape index (κ3) is 3.74. The summed E-state index contributed by atoms with van der Waals surface area (Å²) in [6.07, 6.45) is 0.720. The highest BCUT2D eigenvalue weighted by Gasteiger charge is 2.16. The molecule has 0 aromatic heterocycles. The number of anilines is 2. The molecule has 0 aliphatic rings. The highest BCUT2D eigenvalue weighted by Crippen LogP contribution is 2.33. The van der Waals surface area contributed by atoms with Gasteiger partial charge in [-0.2, -0.15) is 0 Å². The van der Waals surface area contributed by atoms with Crippen molar-refractivity contribution in [3.05, 3.63) is 58.9 Å². The lowest BCUT2D eigenvalue weighted by atomic mass is 10.0. The van der Waals surface area contributed by atoms with Gasteiger partial charge in [0.2, 0.25) is 0 Å². The van der Waals surface area contributed by atoms with Gasteiger partial charge in [-0.25, -0.2) is 4.39 Å². The molecular formula is C17H20ClFN2. The molecule has 0 spiro atoms. The van der Waals surface area contributed by atoms with E-state index in [0.717, 1.165) is 17.7 Å². The summed E-state index contributed by atoms with van der Waals surface area (Å²) in [5.74, 6) is -0.244. The van der Waals surface area contributed by atoms with Gasteiger partial charge in [0.25, 0.3) is 0 Å². The van der Waals surface area contributed by atoms with E-state index in [1.54, 1.807) is 12.1 Å². The lowest BCUT2D eigenvalue weighted by Crippen LogP contribution is -2.23. The Balaban J connectivity index is 2.51. The van der Waals surface area contributed by atoms with Crippen LogP contribution in [0.1, 0.15) is 19.4 Å². The van der Waals surface area contributed by atoms with Crippen molar-refractivity contribution >= 4 is 23.0 Å². The summed E-state index contributed by atoms with van der Waals surface area (Å²) in [5.41, 5.74) is 8.44. The van der Waals surface area contributed by atoms with Gasteiger partial charge >= 0.3 is 0 Å². The molecule has 112 valence electrons. The molecule has 0 radical (unpaired) electrons. The molecule has 2 nitrogen and oxygen atoms in total. The highest BCUT2D eigenvalue weighted by molar-refractivity contribution is 6.30. The molecule has 2 N–H and O–H groups in total. The molecule has 1 atom stereocenters. The summed E-state index contributed by atoms with van der Waals surface area (Å²) in [6.45, 7) is 4.59. The summed E-state index contributed by atoms with van der Waals surface area (Å²) in [4.78, 5) is 1.93. The summed E-state index contributed by atoms with van der Waals surface area (Å²) in [6, 6.07) is 12.5. The van der Waals surface area contributed by atoms with E-state index in [1.807, 2.05) is 43.0 Å². The van der Waals surface area contributed by atoms with Crippen LogP contribution in [0.15, 0.2) is 42.5 Å². The normalized spacial score (nSPS) is 12.2. The van der Waals surface area contributed by atoms with Gasteiger partial charge in [-0.3, -0.25) is 0 Å². The number of hydrogen-bond donors (Lipinski definition) is 1. The SMILES string of the molecule is CCN(c1ccccc1F)c1cc(Cl)ccc1CC(C)N. The summed E-state index contributed by atoms with van der Waals surface area (Å²) >= 11 is 6.13. The van der Waals surface area contributed by atoms with Gasteiger partial charge in [-0.15, -0.1) is 0 Å². The first-order chi connectivity index (χ1) is 10.0. The predicted octanol–water partition coefficient (Wildman–Crippen LogP) is 4.53. The molecule has 0 saturated heterocycles. The lowest BCUT2D eigenvalue weighted by Gasteiger charge is -2.27. The van der Waals surface area contributed by atoms with E-state index < -0.39 is 0 Å². The molecular weight excluding hydrogens is 287 g/mol. The summed E-state index contributed by atoms with van der Waals surface area (Å²) in [7, 11) is 0. The molecule has 1 unspecified atom stereocenters. The zero-order chi connectivity index (χ0) is 15.4. The van der Waals surface area contributed by atoms with Gasteiger partial charge in [0, 0.05) is 23.3 Å². The molecule has 2 aromatic carbocycles. The van der Waals surface area contributed by atoms with E-state index in [-0.39, 0.29) is 11.9 Å². The van der Waals surface area contributed by atoms with Crippen LogP contribution in [0.2, 0.25) is 5.02 Å². The average molecular weight is 307 g/mol. The van der Waals surface area contributed by atoms with E-state index >= 15 is 0 Å². The molecule has 0 fully saturated rings. The molecule has 0 aliphatic heterocycles. The molecule has 0 bridgehead atoms. The van der Waals surface area contributed by atoms with Gasteiger partial charge < -0.3 is 10.6 Å². The first-order valence-electron chi connectivity index (χ1n) is 7.09. The van der Waals surface area contributed by atoms with Crippen LogP contribution in [0.4, 0.5) is 15.8 Å². The fourth-order valence-corrected chi connectivity index (χ4v) is 2.62. The van der Waals surface area contributed by atoms with E-state index in [9.17, 15) is 4.39 Å². The van der Waals surface area contributed by atoms with Gasteiger partial charge in [0.05, 0.1) is 5.69 Å². The van der Waals surface area contributed by atoms with Crippen molar-refractivity contribution in [1.29, 1.82) is 0 Å². The van der Waals surface area contributed by atoms with Crippen molar-refractivity contribution in [2.45, 2.75) is 26.3 Å². The zero-order valence-electron chi connectivity index (χ0n) is 12.3. The largest absolute Gasteiger partial charge is 0.339 e. The maximum atomic E-state index is 14.1. The third-order valence-electron chi connectivity index (χ3n) is 3.34. The zero-order valence-corrected chi connectivity index (χ0v) is 13.1. The minimum Gasteiger partial charge on any atom is -0.339 e. The van der Waals surface area contributed by atoms with E-state index in [2.05, 4.69) is 0 Å². The van der Waals surface area contributed by atoms with E-state index in [4.69, 9.17) is 17.3 Å². The molecule has 2 aromatic rings. The molecule has 4 heteroatoms. The van der Waals surface area contributed by atoms with Crippen LogP contribution >= 0.6 is 11.6 Å². The minimum atomic E-state index is -0.244. The number of benzene rings is 2. The smallest absolute Gasteiger partial charge is 0.146 e. The first kappa shape index (κ1) is 15.8. The molecule has 0 heterocycles. The minimum absolute atomic E-state index is 0.0317. The van der Waals surface area contributed by atoms with Crippen molar-refractivity contribution in [3.8, 4) is 0 Å². The molecule has 0 aliphatic carbocycles. The fourth-order valence-electron chi connectivity index (χ4n) is 2.45. The summed E-state index contributed by atoms with van der Waals surface area (Å²) < 4.78 is 14.1. The standard InChI is InChI=1S/C17H20ClFN2/c1-3-21(16-7-5-4-6-15(16)19)17-11-14(18)9-8-13(17)10-12(2)20/h4-9,11-12H,3,10,20H2,1-2H3. The Morgan fingerprint density at radius 2 is 1.90 bits per heavy atom. The van der Waals surface area contributed by atoms with Crippen molar-refractivity contribution in [3.63, 3.8) is 0 Å². The number of nitrogens with zero attached hydrogens (tertiary/aromatic N) is 1. The second kappa shape index (κ2) is 6.92. The Morgan fingerprint density at radius 3 is 2.52 bits per heavy atom. The van der Waals surface area contributed by atoms with Crippen molar-refractivity contribution < 1.29 is 4.39 Å². The van der Waals surface area contributed by atoms with Gasteiger partial charge in [0.15, 0.2) is 0 Å². The van der Waals surface area contributed by atoms with Crippen molar-refractivity contribution in [2.75, 3.05) is 11.4 Å².